The number of para-hydroxylation sites is 1. The average Bonchev–Trinajstić information content (AvgIpc) is 2.92. The molecule has 0 saturated heterocycles. The number of nitrogens with zero attached hydrogens (tertiary/aromatic N) is 1. The summed E-state index contributed by atoms with van der Waals surface area (Å²) in [6, 6.07) is 10.0. The lowest BCUT2D eigenvalue weighted by molar-refractivity contribution is -0.136. The zero-order valence-electron chi connectivity index (χ0n) is 13.8. The normalized spacial score (nSPS) is 11.7. The van der Waals surface area contributed by atoms with E-state index in [4.69, 9.17) is 10.8 Å². The number of aliphatic carboxylic acids is 1. The molecule has 0 radical (unpaired) electrons. The van der Waals surface area contributed by atoms with Gasteiger partial charge >= 0.3 is 5.97 Å². The third-order valence-electron chi connectivity index (χ3n) is 4.11. The zero-order valence-corrected chi connectivity index (χ0v) is 16.0. The number of aromatic nitrogens is 1. The Bertz CT molecular complexity index is 735. The van der Waals surface area contributed by atoms with Crippen molar-refractivity contribution in [1.82, 2.24) is 4.57 Å². The van der Waals surface area contributed by atoms with Crippen molar-refractivity contribution in [2.45, 2.75) is 39.2 Å². The molecule has 2 aromatic rings. The second-order valence-electron chi connectivity index (χ2n) is 5.75. The number of hydrogen-bond donors (Lipinski definition) is 2. The minimum atomic E-state index is -0.737. The number of aryl methyl sites for hydroxylation is 1. The van der Waals surface area contributed by atoms with E-state index in [2.05, 4.69) is 39.4 Å². The second-order valence-corrected chi connectivity index (χ2v) is 6.77. The van der Waals surface area contributed by atoms with Gasteiger partial charge in [0.1, 0.15) is 0 Å². The number of allylic oxidation sites excluding steroid dienone is 2. The molecule has 2 rings (SSSR count). The molecule has 0 fully saturated rings. The van der Waals surface area contributed by atoms with Crippen LogP contribution in [-0.2, 0) is 11.3 Å². The molecule has 0 saturated carbocycles. The largest absolute Gasteiger partial charge is 0.481 e. The first kappa shape index (κ1) is 18.6. The molecule has 1 heterocycles. The fourth-order valence-corrected chi connectivity index (χ4v) is 3.60. The molecular weight excluding hydrogens is 415 g/mol. The van der Waals surface area contributed by atoms with Gasteiger partial charge in [-0.15, -0.1) is 0 Å². The van der Waals surface area contributed by atoms with E-state index in [1.165, 1.54) is 9.27 Å². The highest BCUT2D eigenvalue weighted by molar-refractivity contribution is 14.1. The fourth-order valence-electron chi connectivity index (χ4n) is 2.73. The standard InChI is InChI=1S/C19H23IN2O2/c1-2-14(9-10-18(23)24)6-5-12-22-13-11-16(19(22)20)15-7-3-4-8-17(15)21/h2-4,7-8,11,13H,5-6,9-10,12,21H2,1H3,(H,23,24)/b14-2-. The smallest absolute Gasteiger partial charge is 0.303 e. The van der Waals surface area contributed by atoms with Gasteiger partial charge in [-0.3, -0.25) is 4.79 Å². The lowest BCUT2D eigenvalue weighted by atomic mass is 10.0. The highest BCUT2D eigenvalue weighted by Gasteiger charge is 2.10. The minimum Gasteiger partial charge on any atom is -0.481 e. The Hall–Kier alpha value is -1.76. The molecule has 0 atom stereocenters. The molecule has 0 bridgehead atoms. The highest BCUT2D eigenvalue weighted by Crippen LogP contribution is 2.30. The third-order valence-corrected chi connectivity index (χ3v) is 5.31. The summed E-state index contributed by atoms with van der Waals surface area (Å²) in [6.07, 6.45) is 6.91. The lowest BCUT2D eigenvalue weighted by Gasteiger charge is -2.09. The molecule has 128 valence electrons. The molecule has 0 amide bonds. The van der Waals surface area contributed by atoms with Crippen molar-refractivity contribution in [1.29, 1.82) is 0 Å². The van der Waals surface area contributed by atoms with Crippen LogP contribution in [0.4, 0.5) is 5.69 Å². The SMILES string of the molecule is C/C=C(/CCCn1ccc(-c2ccccc2N)c1I)CCC(=O)O. The third kappa shape index (κ3) is 4.87. The average molecular weight is 438 g/mol. The first-order valence-electron chi connectivity index (χ1n) is 8.08. The van der Waals surface area contributed by atoms with Crippen LogP contribution >= 0.6 is 22.6 Å². The molecular formula is C19H23IN2O2. The van der Waals surface area contributed by atoms with Crippen molar-refractivity contribution in [2.24, 2.45) is 0 Å². The maximum atomic E-state index is 10.7. The number of carboxylic acid groups (broad SMARTS) is 1. The number of rotatable bonds is 8. The van der Waals surface area contributed by atoms with Crippen LogP contribution in [0.15, 0.2) is 48.2 Å². The summed E-state index contributed by atoms with van der Waals surface area (Å²) in [4.78, 5) is 10.7. The summed E-state index contributed by atoms with van der Waals surface area (Å²) in [5.74, 6) is -0.737. The molecule has 4 nitrogen and oxygen atoms in total. The summed E-state index contributed by atoms with van der Waals surface area (Å²) < 4.78 is 3.41. The van der Waals surface area contributed by atoms with Crippen LogP contribution in [0.1, 0.15) is 32.6 Å². The van der Waals surface area contributed by atoms with Gasteiger partial charge in [0.15, 0.2) is 0 Å². The predicted molar refractivity (Wildman–Crippen MR) is 107 cm³/mol. The number of nitrogens with two attached hydrogens (primary N) is 1. The van der Waals surface area contributed by atoms with Crippen LogP contribution in [-0.4, -0.2) is 15.6 Å². The predicted octanol–water partition coefficient (Wildman–Crippen LogP) is 4.93. The van der Waals surface area contributed by atoms with Crippen molar-refractivity contribution in [3.05, 3.63) is 51.9 Å². The van der Waals surface area contributed by atoms with Gasteiger partial charge in [-0.05, 0) is 60.9 Å². The van der Waals surface area contributed by atoms with E-state index in [0.717, 1.165) is 36.2 Å². The Kier molecular flexibility index (Phi) is 6.90. The monoisotopic (exact) mass is 438 g/mol. The Morgan fingerprint density at radius 1 is 1.21 bits per heavy atom. The Morgan fingerprint density at radius 3 is 2.62 bits per heavy atom. The Morgan fingerprint density at radius 2 is 1.96 bits per heavy atom. The van der Waals surface area contributed by atoms with Gasteiger partial charge in [-0.2, -0.15) is 0 Å². The molecule has 0 spiro atoms. The van der Waals surface area contributed by atoms with Crippen molar-refractivity contribution in [3.63, 3.8) is 0 Å². The topological polar surface area (TPSA) is 68.2 Å². The summed E-state index contributed by atoms with van der Waals surface area (Å²) in [7, 11) is 0. The van der Waals surface area contributed by atoms with Crippen LogP contribution in [0.25, 0.3) is 11.1 Å². The van der Waals surface area contributed by atoms with Gasteiger partial charge in [0.2, 0.25) is 0 Å². The first-order chi connectivity index (χ1) is 11.5. The molecule has 1 aromatic carbocycles. The number of halogens is 1. The van der Waals surface area contributed by atoms with Gasteiger partial charge in [-0.1, -0.05) is 29.8 Å². The maximum absolute atomic E-state index is 10.7. The molecule has 24 heavy (non-hydrogen) atoms. The summed E-state index contributed by atoms with van der Waals surface area (Å²) in [5.41, 5.74) is 10.3. The zero-order chi connectivity index (χ0) is 17.5. The number of carboxylic acids is 1. The van der Waals surface area contributed by atoms with Gasteiger partial charge in [-0.25, -0.2) is 0 Å². The van der Waals surface area contributed by atoms with Crippen LogP contribution < -0.4 is 5.73 Å². The molecule has 0 aliphatic rings. The Balaban J connectivity index is 1.97. The molecule has 1 aromatic heterocycles. The Labute approximate surface area is 156 Å². The van der Waals surface area contributed by atoms with E-state index >= 15 is 0 Å². The molecule has 5 heteroatoms. The van der Waals surface area contributed by atoms with E-state index in [9.17, 15) is 4.79 Å². The number of carbonyl (C=O) groups is 1. The van der Waals surface area contributed by atoms with Crippen LogP contribution in [0.2, 0.25) is 0 Å². The van der Waals surface area contributed by atoms with Gasteiger partial charge in [0, 0.05) is 36.0 Å². The minimum absolute atomic E-state index is 0.207. The van der Waals surface area contributed by atoms with Crippen molar-refractivity contribution >= 4 is 34.2 Å². The van der Waals surface area contributed by atoms with Crippen LogP contribution in [0.3, 0.4) is 0 Å². The van der Waals surface area contributed by atoms with Gasteiger partial charge < -0.3 is 15.4 Å². The van der Waals surface area contributed by atoms with Crippen molar-refractivity contribution in [2.75, 3.05) is 5.73 Å². The number of anilines is 1. The summed E-state index contributed by atoms with van der Waals surface area (Å²) >= 11 is 2.36. The van der Waals surface area contributed by atoms with Crippen LogP contribution in [0, 0.1) is 3.70 Å². The molecule has 0 aliphatic carbocycles. The fraction of sp³-hybridized carbons (Fsp3) is 0.316. The second kappa shape index (κ2) is 8.92. The lowest BCUT2D eigenvalue weighted by Crippen LogP contribution is -2.01. The molecule has 0 aliphatic heterocycles. The van der Waals surface area contributed by atoms with Crippen molar-refractivity contribution in [3.8, 4) is 11.1 Å². The highest BCUT2D eigenvalue weighted by atomic mass is 127. The van der Waals surface area contributed by atoms with E-state index in [-0.39, 0.29) is 6.42 Å². The number of nitrogen functional groups attached to an aromatic ring is 1. The number of benzene rings is 1. The van der Waals surface area contributed by atoms with E-state index in [0.29, 0.717) is 6.42 Å². The maximum Gasteiger partial charge on any atom is 0.303 e. The quantitative estimate of drug-likeness (QED) is 0.349. The molecule has 3 N–H and O–H groups in total. The van der Waals surface area contributed by atoms with Gasteiger partial charge in [0.05, 0.1) is 3.70 Å². The molecule has 0 unspecified atom stereocenters. The first-order valence-corrected chi connectivity index (χ1v) is 9.16. The number of hydrogen-bond acceptors (Lipinski definition) is 2. The van der Waals surface area contributed by atoms with E-state index in [1.807, 2.05) is 37.3 Å². The van der Waals surface area contributed by atoms with E-state index < -0.39 is 5.97 Å². The summed E-state index contributed by atoms with van der Waals surface area (Å²) in [5, 5.41) is 8.79. The van der Waals surface area contributed by atoms with E-state index in [1.54, 1.807) is 0 Å². The summed E-state index contributed by atoms with van der Waals surface area (Å²) in [6.45, 7) is 2.89. The van der Waals surface area contributed by atoms with Gasteiger partial charge in [0.25, 0.3) is 0 Å². The van der Waals surface area contributed by atoms with Crippen molar-refractivity contribution < 1.29 is 9.90 Å². The van der Waals surface area contributed by atoms with Crippen LogP contribution in [0.5, 0.6) is 0 Å².